The van der Waals surface area contributed by atoms with Gasteiger partial charge in [0.25, 0.3) is 0 Å². The van der Waals surface area contributed by atoms with E-state index in [9.17, 15) is 5.11 Å². The molecule has 0 aliphatic carbocycles. The van der Waals surface area contributed by atoms with Gasteiger partial charge in [0.1, 0.15) is 6.61 Å². The van der Waals surface area contributed by atoms with E-state index in [-0.39, 0.29) is 12.6 Å². The van der Waals surface area contributed by atoms with E-state index in [1.54, 1.807) is 7.11 Å². The average molecular weight is 315 g/mol. The second-order valence-electron chi connectivity index (χ2n) is 6.31. The predicted molar refractivity (Wildman–Crippen MR) is 91.6 cm³/mol. The van der Waals surface area contributed by atoms with Crippen LogP contribution in [0.3, 0.4) is 0 Å². The molecular formula is C19H25NO3. The van der Waals surface area contributed by atoms with Crippen LogP contribution in [-0.2, 0) is 6.61 Å². The third-order valence-corrected chi connectivity index (χ3v) is 4.03. The van der Waals surface area contributed by atoms with Crippen molar-refractivity contribution in [2.24, 2.45) is 11.1 Å². The molecule has 0 aliphatic heterocycles. The molecule has 2 aromatic rings. The summed E-state index contributed by atoms with van der Waals surface area (Å²) < 4.78 is 11.3. The molecule has 2 aromatic carbocycles. The normalized spacial score (nSPS) is 12.7. The lowest BCUT2D eigenvalue weighted by molar-refractivity contribution is 0.132. The van der Waals surface area contributed by atoms with Crippen LogP contribution < -0.4 is 15.2 Å². The highest BCUT2D eigenvalue weighted by atomic mass is 16.5. The second-order valence-corrected chi connectivity index (χ2v) is 6.31. The van der Waals surface area contributed by atoms with E-state index in [0.29, 0.717) is 18.1 Å². The van der Waals surface area contributed by atoms with Crippen LogP contribution in [0.25, 0.3) is 0 Å². The van der Waals surface area contributed by atoms with Crippen molar-refractivity contribution in [2.45, 2.75) is 26.5 Å². The molecule has 2 rings (SSSR count). The first-order valence-corrected chi connectivity index (χ1v) is 7.69. The number of nitrogens with two attached hydrogens (primary N) is 1. The van der Waals surface area contributed by atoms with Gasteiger partial charge in [0.2, 0.25) is 0 Å². The first-order chi connectivity index (χ1) is 11.0. The Balaban J connectivity index is 2.22. The molecule has 0 saturated heterocycles. The minimum Gasteiger partial charge on any atom is -0.493 e. The molecule has 0 heterocycles. The van der Waals surface area contributed by atoms with Crippen molar-refractivity contribution in [1.29, 1.82) is 0 Å². The van der Waals surface area contributed by atoms with E-state index >= 15 is 0 Å². The number of aliphatic hydroxyl groups excluding tert-OH is 1. The smallest absolute Gasteiger partial charge is 0.161 e. The Labute approximate surface area is 137 Å². The highest BCUT2D eigenvalue weighted by molar-refractivity contribution is 5.44. The molecule has 0 saturated carbocycles. The number of ether oxygens (including phenoxy) is 2. The molecule has 0 aliphatic rings. The van der Waals surface area contributed by atoms with Gasteiger partial charge < -0.3 is 20.3 Å². The van der Waals surface area contributed by atoms with Gasteiger partial charge in [-0.25, -0.2) is 0 Å². The maximum absolute atomic E-state index is 9.51. The van der Waals surface area contributed by atoms with Crippen molar-refractivity contribution >= 4 is 0 Å². The van der Waals surface area contributed by atoms with Gasteiger partial charge in [0.05, 0.1) is 7.11 Å². The Bertz CT molecular complexity index is 626. The lowest BCUT2D eigenvalue weighted by atomic mass is 9.82. The van der Waals surface area contributed by atoms with Crippen LogP contribution in [0.4, 0.5) is 0 Å². The Hall–Kier alpha value is -2.04. The van der Waals surface area contributed by atoms with Crippen LogP contribution in [-0.4, -0.2) is 18.8 Å². The van der Waals surface area contributed by atoms with E-state index in [2.05, 4.69) is 0 Å². The molecule has 3 N–H and O–H groups in total. The van der Waals surface area contributed by atoms with Crippen LogP contribution in [0.15, 0.2) is 48.5 Å². The number of benzene rings is 2. The van der Waals surface area contributed by atoms with Crippen LogP contribution in [0.2, 0.25) is 0 Å². The Morgan fingerprint density at radius 3 is 2.39 bits per heavy atom. The van der Waals surface area contributed by atoms with Gasteiger partial charge in [-0.15, -0.1) is 0 Å². The van der Waals surface area contributed by atoms with Crippen molar-refractivity contribution in [3.05, 3.63) is 59.7 Å². The van der Waals surface area contributed by atoms with Crippen LogP contribution in [0, 0.1) is 5.41 Å². The fourth-order valence-corrected chi connectivity index (χ4v) is 2.28. The first kappa shape index (κ1) is 17.3. The predicted octanol–water partition coefficient (Wildman–Crippen LogP) is 3.29. The third kappa shape index (κ3) is 4.24. The third-order valence-electron chi connectivity index (χ3n) is 4.03. The summed E-state index contributed by atoms with van der Waals surface area (Å²) in [7, 11) is 1.61. The fourth-order valence-electron chi connectivity index (χ4n) is 2.28. The molecule has 0 aromatic heterocycles. The maximum atomic E-state index is 9.51. The summed E-state index contributed by atoms with van der Waals surface area (Å²) in [5, 5.41) is 9.51. The van der Waals surface area contributed by atoms with Gasteiger partial charge >= 0.3 is 0 Å². The zero-order valence-electron chi connectivity index (χ0n) is 14.0. The number of methoxy groups -OCH3 is 1. The van der Waals surface area contributed by atoms with Gasteiger partial charge in [-0.2, -0.15) is 0 Å². The Morgan fingerprint density at radius 2 is 1.78 bits per heavy atom. The summed E-state index contributed by atoms with van der Waals surface area (Å²) in [5.74, 6) is 1.32. The van der Waals surface area contributed by atoms with E-state index in [4.69, 9.17) is 15.2 Å². The van der Waals surface area contributed by atoms with Gasteiger partial charge in [-0.1, -0.05) is 50.2 Å². The summed E-state index contributed by atoms with van der Waals surface area (Å²) >= 11 is 0. The quantitative estimate of drug-likeness (QED) is 0.823. The largest absolute Gasteiger partial charge is 0.493 e. The molecule has 23 heavy (non-hydrogen) atoms. The van der Waals surface area contributed by atoms with Crippen LogP contribution in [0.1, 0.15) is 31.0 Å². The van der Waals surface area contributed by atoms with Crippen LogP contribution in [0.5, 0.6) is 11.5 Å². The molecule has 0 radical (unpaired) electrons. The summed E-state index contributed by atoms with van der Waals surface area (Å²) in [6.45, 7) is 4.35. The average Bonchev–Trinajstić information content (AvgIpc) is 2.59. The van der Waals surface area contributed by atoms with Crippen molar-refractivity contribution in [2.75, 3.05) is 13.7 Å². The highest BCUT2D eigenvalue weighted by Crippen LogP contribution is 2.36. The molecule has 0 fully saturated rings. The summed E-state index contributed by atoms with van der Waals surface area (Å²) in [6, 6.07) is 15.3. The monoisotopic (exact) mass is 315 g/mol. The fraction of sp³-hybridized carbons (Fsp3) is 0.368. The Morgan fingerprint density at radius 1 is 1.09 bits per heavy atom. The molecule has 4 heteroatoms. The van der Waals surface area contributed by atoms with Crippen molar-refractivity contribution in [3.8, 4) is 11.5 Å². The topological polar surface area (TPSA) is 64.7 Å². The van der Waals surface area contributed by atoms with E-state index in [1.807, 2.05) is 62.4 Å². The SMILES string of the molecule is COc1ccc([C@H](N)C(C)(C)CO)cc1OCc1ccccc1. The van der Waals surface area contributed by atoms with Crippen molar-refractivity contribution < 1.29 is 14.6 Å². The first-order valence-electron chi connectivity index (χ1n) is 7.69. The minimum absolute atomic E-state index is 0.0143. The molecule has 0 unspecified atom stereocenters. The minimum atomic E-state index is -0.411. The number of rotatable bonds is 7. The van der Waals surface area contributed by atoms with Crippen LogP contribution >= 0.6 is 0 Å². The summed E-state index contributed by atoms with van der Waals surface area (Å²) in [4.78, 5) is 0. The molecule has 0 amide bonds. The molecule has 0 bridgehead atoms. The van der Waals surface area contributed by atoms with E-state index in [1.165, 1.54) is 0 Å². The molecule has 124 valence electrons. The zero-order chi connectivity index (χ0) is 16.9. The number of aliphatic hydroxyl groups is 1. The van der Waals surface area contributed by atoms with Gasteiger partial charge in [0, 0.05) is 18.1 Å². The van der Waals surface area contributed by atoms with E-state index in [0.717, 1.165) is 11.1 Å². The van der Waals surface area contributed by atoms with E-state index < -0.39 is 5.41 Å². The van der Waals surface area contributed by atoms with Gasteiger partial charge in [-0.3, -0.25) is 0 Å². The number of hydrogen-bond donors (Lipinski definition) is 2. The zero-order valence-corrected chi connectivity index (χ0v) is 14.0. The molecule has 1 atom stereocenters. The van der Waals surface area contributed by atoms with Crippen molar-refractivity contribution in [1.82, 2.24) is 0 Å². The molecule has 0 spiro atoms. The molecule has 4 nitrogen and oxygen atoms in total. The molecular weight excluding hydrogens is 290 g/mol. The van der Waals surface area contributed by atoms with Gasteiger partial charge in [0.15, 0.2) is 11.5 Å². The summed E-state index contributed by atoms with van der Waals surface area (Å²) in [5.41, 5.74) is 7.88. The van der Waals surface area contributed by atoms with Crippen molar-refractivity contribution in [3.63, 3.8) is 0 Å². The maximum Gasteiger partial charge on any atom is 0.161 e. The number of hydrogen-bond acceptors (Lipinski definition) is 4. The summed E-state index contributed by atoms with van der Waals surface area (Å²) in [6.07, 6.45) is 0. The lowest BCUT2D eigenvalue weighted by Gasteiger charge is -2.30. The second kappa shape index (κ2) is 7.49. The Kier molecular flexibility index (Phi) is 5.64. The van der Waals surface area contributed by atoms with Gasteiger partial charge in [-0.05, 0) is 23.3 Å². The standard InChI is InChI=1S/C19H25NO3/c1-19(2,13-21)18(20)15-9-10-16(22-3)17(11-15)23-12-14-7-5-4-6-8-14/h4-11,18,21H,12-13,20H2,1-3H3/t18-/m0/s1. The lowest BCUT2D eigenvalue weighted by Crippen LogP contribution is -2.32. The highest BCUT2D eigenvalue weighted by Gasteiger charge is 2.27.